The van der Waals surface area contributed by atoms with Gasteiger partial charge in [0.05, 0.1) is 32.5 Å². The van der Waals surface area contributed by atoms with Crippen LogP contribution >= 0.6 is 46.4 Å². The zero-order valence-electron chi connectivity index (χ0n) is 10.9. The number of halogens is 4. The molecule has 8 heteroatoms. The van der Waals surface area contributed by atoms with E-state index in [1.807, 2.05) is 0 Å². The number of hydrogen-bond donors (Lipinski definition) is 2. The third-order valence-electron chi connectivity index (χ3n) is 2.37. The van der Waals surface area contributed by atoms with E-state index in [1.54, 1.807) is 36.4 Å². The van der Waals surface area contributed by atoms with E-state index >= 15 is 0 Å². The molecule has 22 heavy (non-hydrogen) atoms. The molecule has 0 aliphatic carbocycles. The van der Waals surface area contributed by atoms with E-state index in [0.29, 0.717) is 31.2 Å². The summed E-state index contributed by atoms with van der Waals surface area (Å²) in [7, 11) is 0. The Bertz CT molecular complexity index is 591. The third-order valence-corrected chi connectivity index (χ3v) is 3.69. The number of rotatable bonds is 2. The molecule has 4 nitrogen and oxygen atoms in total. The van der Waals surface area contributed by atoms with Crippen LogP contribution in [0.1, 0.15) is 11.1 Å². The van der Waals surface area contributed by atoms with E-state index in [4.69, 9.17) is 56.8 Å². The van der Waals surface area contributed by atoms with Crippen LogP contribution in [0.2, 0.25) is 20.1 Å². The molecule has 0 aliphatic heterocycles. The molecule has 0 fully saturated rings. The van der Waals surface area contributed by atoms with E-state index in [9.17, 15) is 0 Å². The lowest BCUT2D eigenvalue weighted by Gasteiger charge is -1.97. The summed E-state index contributed by atoms with van der Waals surface area (Å²) < 4.78 is 0. The zero-order valence-corrected chi connectivity index (χ0v) is 13.9. The Hall–Kier alpha value is -1.46. The van der Waals surface area contributed by atoms with E-state index < -0.39 is 0 Å². The molecular formula is C14H10Cl4N2O2. The average molecular weight is 380 g/mol. The molecule has 0 spiro atoms. The van der Waals surface area contributed by atoms with Gasteiger partial charge in [0.25, 0.3) is 0 Å². The standard InChI is InChI=1S/2C7H5Cl2NO/c2*8-6-2-1-3-7(9)5(6)4-10-11/h2*1-4,11H/b2*10-4+. The lowest BCUT2D eigenvalue weighted by atomic mass is 10.2. The Labute approximate surface area is 147 Å². The van der Waals surface area contributed by atoms with Gasteiger partial charge in [0, 0.05) is 11.1 Å². The first-order valence-corrected chi connectivity index (χ1v) is 7.25. The topological polar surface area (TPSA) is 65.2 Å². The molecule has 2 rings (SSSR count). The minimum absolute atomic E-state index is 0.468. The molecule has 0 radical (unpaired) electrons. The van der Waals surface area contributed by atoms with Crippen LogP contribution in [0.25, 0.3) is 0 Å². The van der Waals surface area contributed by atoms with Crippen LogP contribution in [0.5, 0.6) is 0 Å². The van der Waals surface area contributed by atoms with Crippen molar-refractivity contribution in [2.45, 2.75) is 0 Å². The molecular weight excluding hydrogens is 370 g/mol. The average Bonchev–Trinajstić information content (AvgIpc) is 2.48. The number of nitrogens with zero attached hydrogens (tertiary/aromatic N) is 2. The van der Waals surface area contributed by atoms with Gasteiger partial charge in [0.2, 0.25) is 0 Å². The lowest BCUT2D eigenvalue weighted by Crippen LogP contribution is -1.83. The predicted octanol–water partition coefficient (Wildman–Crippen LogP) is 5.60. The van der Waals surface area contributed by atoms with E-state index in [0.717, 1.165) is 0 Å². The molecule has 0 amide bonds. The molecule has 2 aromatic carbocycles. The number of hydrogen-bond acceptors (Lipinski definition) is 4. The van der Waals surface area contributed by atoms with E-state index in [1.165, 1.54) is 12.4 Å². The largest absolute Gasteiger partial charge is 0.411 e. The van der Waals surface area contributed by atoms with Crippen molar-refractivity contribution in [2.75, 3.05) is 0 Å². The van der Waals surface area contributed by atoms with Crippen molar-refractivity contribution in [3.8, 4) is 0 Å². The molecule has 0 bridgehead atoms. The minimum Gasteiger partial charge on any atom is -0.411 e. The Kier molecular flexibility index (Phi) is 8.06. The first kappa shape index (κ1) is 18.6. The van der Waals surface area contributed by atoms with Crippen LogP contribution in [0, 0.1) is 0 Å². The molecule has 2 N–H and O–H groups in total. The summed E-state index contributed by atoms with van der Waals surface area (Å²) >= 11 is 22.9. The summed E-state index contributed by atoms with van der Waals surface area (Å²) in [5, 5.41) is 24.0. The zero-order chi connectivity index (χ0) is 16.5. The van der Waals surface area contributed by atoms with Crippen LogP contribution in [-0.2, 0) is 0 Å². The Morgan fingerprint density at radius 2 is 0.909 bits per heavy atom. The summed E-state index contributed by atoms with van der Waals surface area (Å²) in [5.74, 6) is 0. The maximum Gasteiger partial charge on any atom is 0.0763 e. The maximum absolute atomic E-state index is 8.22. The van der Waals surface area contributed by atoms with Gasteiger partial charge in [-0.1, -0.05) is 68.8 Å². The highest BCUT2D eigenvalue weighted by molar-refractivity contribution is 6.39. The fourth-order valence-electron chi connectivity index (χ4n) is 1.38. The van der Waals surface area contributed by atoms with Crippen molar-refractivity contribution < 1.29 is 10.4 Å². The fraction of sp³-hybridized carbons (Fsp3) is 0. The summed E-state index contributed by atoms with van der Waals surface area (Å²) in [6.07, 6.45) is 2.40. The van der Waals surface area contributed by atoms with Gasteiger partial charge in [-0.15, -0.1) is 0 Å². The summed E-state index contributed by atoms with van der Waals surface area (Å²) in [5.41, 5.74) is 1.05. The van der Waals surface area contributed by atoms with Crippen molar-refractivity contribution in [2.24, 2.45) is 10.3 Å². The van der Waals surface area contributed by atoms with Crippen LogP contribution in [0.15, 0.2) is 46.7 Å². The molecule has 2 aromatic rings. The molecule has 0 heterocycles. The SMILES string of the molecule is O/N=C/c1c(Cl)cccc1Cl.O/N=C/c1c(Cl)cccc1Cl. The third kappa shape index (κ3) is 5.39. The highest BCUT2D eigenvalue weighted by atomic mass is 35.5. The second-order valence-electron chi connectivity index (χ2n) is 3.76. The molecule has 0 aromatic heterocycles. The van der Waals surface area contributed by atoms with Gasteiger partial charge in [-0.3, -0.25) is 0 Å². The van der Waals surface area contributed by atoms with Crippen molar-refractivity contribution in [1.29, 1.82) is 0 Å². The summed E-state index contributed by atoms with van der Waals surface area (Å²) in [6.45, 7) is 0. The van der Waals surface area contributed by atoms with Gasteiger partial charge in [0.1, 0.15) is 0 Å². The Balaban J connectivity index is 0.000000220. The summed E-state index contributed by atoms with van der Waals surface area (Å²) in [6, 6.07) is 10.1. The first-order chi connectivity index (χ1) is 10.5. The smallest absolute Gasteiger partial charge is 0.0763 e. The second-order valence-corrected chi connectivity index (χ2v) is 5.39. The number of benzene rings is 2. The van der Waals surface area contributed by atoms with Crippen molar-refractivity contribution in [3.63, 3.8) is 0 Å². The van der Waals surface area contributed by atoms with Crippen LogP contribution in [0.3, 0.4) is 0 Å². The van der Waals surface area contributed by atoms with Gasteiger partial charge in [0.15, 0.2) is 0 Å². The highest BCUT2D eigenvalue weighted by Gasteiger charge is 2.01. The molecule has 0 aliphatic rings. The van der Waals surface area contributed by atoms with Crippen LogP contribution in [0.4, 0.5) is 0 Å². The Morgan fingerprint density at radius 1 is 0.636 bits per heavy atom. The molecule has 116 valence electrons. The molecule has 0 unspecified atom stereocenters. The monoisotopic (exact) mass is 378 g/mol. The minimum atomic E-state index is 0.468. The van der Waals surface area contributed by atoms with Gasteiger partial charge in [-0.05, 0) is 24.3 Å². The maximum atomic E-state index is 8.22. The Morgan fingerprint density at radius 3 is 1.14 bits per heavy atom. The molecule has 0 saturated carbocycles. The predicted molar refractivity (Wildman–Crippen MR) is 91.7 cm³/mol. The van der Waals surface area contributed by atoms with Crippen molar-refractivity contribution in [1.82, 2.24) is 0 Å². The first-order valence-electron chi connectivity index (χ1n) is 5.74. The quantitative estimate of drug-likeness (QED) is 0.405. The van der Waals surface area contributed by atoms with Crippen LogP contribution in [-0.4, -0.2) is 22.8 Å². The normalized spacial score (nSPS) is 10.7. The second kappa shape index (κ2) is 9.54. The van der Waals surface area contributed by atoms with Gasteiger partial charge < -0.3 is 10.4 Å². The summed E-state index contributed by atoms with van der Waals surface area (Å²) in [4.78, 5) is 0. The lowest BCUT2D eigenvalue weighted by molar-refractivity contribution is 0.321. The number of oxime groups is 2. The van der Waals surface area contributed by atoms with E-state index in [-0.39, 0.29) is 0 Å². The fourth-order valence-corrected chi connectivity index (χ4v) is 2.37. The highest BCUT2D eigenvalue weighted by Crippen LogP contribution is 2.22. The van der Waals surface area contributed by atoms with E-state index in [2.05, 4.69) is 10.3 Å². The van der Waals surface area contributed by atoms with Crippen molar-refractivity contribution in [3.05, 3.63) is 67.6 Å². The molecule has 0 atom stereocenters. The van der Waals surface area contributed by atoms with Crippen LogP contribution < -0.4 is 0 Å². The van der Waals surface area contributed by atoms with Gasteiger partial charge >= 0.3 is 0 Å². The molecule has 0 saturated heterocycles. The van der Waals surface area contributed by atoms with Crippen molar-refractivity contribution >= 4 is 58.8 Å². The van der Waals surface area contributed by atoms with Gasteiger partial charge in [-0.25, -0.2) is 0 Å². The van der Waals surface area contributed by atoms with Gasteiger partial charge in [-0.2, -0.15) is 0 Å².